The SMILES string of the molecule is Cc1c(C)n(CCN(CCO)C2CCc3cc(/C=C/C(=O)NO)ccc32)c2ccccc12. The van der Waals surface area contributed by atoms with Gasteiger partial charge in [-0.15, -0.1) is 0 Å². The minimum Gasteiger partial charge on any atom is -0.395 e. The number of nitrogens with zero attached hydrogens (tertiary/aromatic N) is 2. The first-order chi connectivity index (χ1) is 15.5. The molecule has 4 rings (SSSR count). The average Bonchev–Trinajstić information content (AvgIpc) is 3.34. The number of carbonyl (C=O) groups is 1. The number of hydrogen-bond acceptors (Lipinski definition) is 4. The van der Waals surface area contributed by atoms with Gasteiger partial charge in [-0.25, -0.2) is 5.48 Å². The monoisotopic (exact) mass is 433 g/mol. The lowest BCUT2D eigenvalue weighted by atomic mass is 10.0. The number of nitrogens with one attached hydrogen (secondary N) is 1. The molecule has 168 valence electrons. The van der Waals surface area contributed by atoms with E-state index in [4.69, 9.17) is 5.21 Å². The van der Waals surface area contributed by atoms with Crippen molar-refractivity contribution >= 4 is 22.9 Å². The van der Waals surface area contributed by atoms with Crippen LogP contribution in [0, 0.1) is 13.8 Å². The highest BCUT2D eigenvalue weighted by Crippen LogP contribution is 2.36. The summed E-state index contributed by atoms with van der Waals surface area (Å²) in [5.41, 5.74) is 9.02. The Hall–Kier alpha value is -2.93. The Bertz CT molecular complexity index is 1150. The molecule has 0 bridgehead atoms. The number of fused-ring (bicyclic) bond motifs is 2. The molecule has 3 aromatic rings. The van der Waals surface area contributed by atoms with Crippen LogP contribution in [-0.2, 0) is 17.8 Å². The Labute approximate surface area is 188 Å². The van der Waals surface area contributed by atoms with E-state index in [1.165, 1.54) is 39.4 Å². The minimum absolute atomic E-state index is 0.132. The van der Waals surface area contributed by atoms with Crippen molar-refractivity contribution in [1.82, 2.24) is 14.9 Å². The van der Waals surface area contributed by atoms with Gasteiger partial charge in [0.25, 0.3) is 5.91 Å². The quantitative estimate of drug-likeness (QED) is 0.287. The summed E-state index contributed by atoms with van der Waals surface area (Å²) in [7, 11) is 0. The lowest BCUT2D eigenvalue weighted by Gasteiger charge is -2.29. The number of aryl methyl sites for hydroxylation is 2. The number of aromatic nitrogens is 1. The zero-order valence-electron chi connectivity index (χ0n) is 18.7. The number of hydrogen-bond donors (Lipinski definition) is 3. The molecular formula is C26H31N3O3. The van der Waals surface area contributed by atoms with Gasteiger partial charge in [0.1, 0.15) is 0 Å². The molecule has 0 saturated carbocycles. The highest BCUT2D eigenvalue weighted by atomic mass is 16.5. The molecule has 1 heterocycles. The van der Waals surface area contributed by atoms with Gasteiger partial charge in [-0.3, -0.25) is 14.9 Å². The van der Waals surface area contributed by atoms with Crippen LogP contribution < -0.4 is 5.48 Å². The van der Waals surface area contributed by atoms with E-state index in [2.05, 4.69) is 59.7 Å². The lowest BCUT2D eigenvalue weighted by Crippen LogP contribution is -2.33. The minimum atomic E-state index is -0.541. The molecule has 0 radical (unpaired) electrons. The second-order valence-electron chi connectivity index (χ2n) is 8.46. The van der Waals surface area contributed by atoms with E-state index in [0.29, 0.717) is 6.54 Å². The number of benzene rings is 2. The van der Waals surface area contributed by atoms with Crippen LogP contribution in [0.1, 0.15) is 40.4 Å². The lowest BCUT2D eigenvalue weighted by molar-refractivity contribution is -0.124. The topological polar surface area (TPSA) is 77.7 Å². The smallest absolute Gasteiger partial charge is 0.267 e. The predicted octanol–water partition coefficient (Wildman–Crippen LogP) is 3.76. The van der Waals surface area contributed by atoms with Gasteiger partial charge in [-0.05, 0) is 61.1 Å². The van der Waals surface area contributed by atoms with Gasteiger partial charge in [0, 0.05) is 48.3 Å². The first kappa shape index (κ1) is 22.3. The van der Waals surface area contributed by atoms with Gasteiger partial charge < -0.3 is 9.67 Å². The molecule has 0 spiro atoms. The van der Waals surface area contributed by atoms with Crippen molar-refractivity contribution in [3.63, 3.8) is 0 Å². The van der Waals surface area contributed by atoms with Gasteiger partial charge >= 0.3 is 0 Å². The molecule has 1 aliphatic carbocycles. The molecule has 1 aliphatic rings. The van der Waals surface area contributed by atoms with Crippen LogP contribution >= 0.6 is 0 Å². The van der Waals surface area contributed by atoms with Gasteiger partial charge in [0.15, 0.2) is 0 Å². The molecule has 0 saturated heterocycles. The molecule has 0 aliphatic heterocycles. The molecule has 1 amide bonds. The van der Waals surface area contributed by atoms with E-state index in [9.17, 15) is 9.90 Å². The largest absolute Gasteiger partial charge is 0.395 e. The molecule has 1 aromatic heterocycles. The third-order valence-electron chi connectivity index (χ3n) is 6.74. The predicted molar refractivity (Wildman–Crippen MR) is 127 cm³/mol. The molecule has 1 atom stereocenters. The van der Waals surface area contributed by atoms with Gasteiger partial charge in [0.05, 0.1) is 6.61 Å². The molecule has 6 heteroatoms. The van der Waals surface area contributed by atoms with Crippen LogP contribution in [0.5, 0.6) is 0 Å². The maximum absolute atomic E-state index is 11.2. The number of para-hydroxylation sites is 1. The summed E-state index contributed by atoms with van der Waals surface area (Å²) in [4.78, 5) is 13.6. The Morgan fingerprint density at radius 1 is 1.22 bits per heavy atom. The van der Waals surface area contributed by atoms with Crippen LogP contribution in [0.2, 0.25) is 0 Å². The fourth-order valence-electron chi connectivity index (χ4n) is 4.98. The fraction of sp³-hybridized carbons (Fsp3) is 0.346. The Kier molecular flexibility index (Phi) is 6.74. The summed E-state index contributed by atoms with van der Waals surface area (Å²) in [6.45, 7) is 6.88. The Balaban J connectivity index is 1.53. The normalized spacial score (nSPS) is 15.7. The molecule has 2 aromatic carbocycles. The second-order valence-corrected chi connectivity index (χ2v) is 8.46. The summed E-state index contributed by atoms with van der Waals surface area (Å²) < 4.78 is 2.39. The molecule has 3 N–H and O–H groups in total. The van der Waals surface area contributed by atoms with Crippen molar-refractivity contribution < 1.29 is 15.1 Å². The van der Waals surface area contributed by atoms with Crippen molar-refractivity contribution in [3.8, 4) is 0 Å². The first-order valence-electron chi connectivity index (χ1n) is 11.2. The van der Waals surface area contributed by atoms with E-state index in [1.807, 2.05) is 6.07 Å². The van der Waals surface area contributed by atoms with Crippen LogP contribution in [0.3, 0.4) is 0 Å². The van der Waals surface area contributed by atoms with E-state index in [-0.39, 0.29) is 12.6 Å². The third kappa shape index (κ3) is 4.35. The summed E-state index contributed by atoms with van der Waals surface area (Å²) in [5.74, 6) is -0.541. The summed E-state index contributed by atoms with van der Waals surface area (Å²) in [6.07, 6.45) is 5.01. The summed E-state index contributed by atoms with van der Waals surface area (Å²) >= 11 is 0. The number of hydroxylamine groups is 1. The standard InChI is InChI=1S/C26H31N3O3/c1-18-19(2)29(25-6-4-3-5-22(18)25)14-13-28(15-16-30)24-11-9-21-17-20(7-10-23(21)24)8-12-26(31)27-32/h3-8,10,12,17,24,30,32H,9,11,13-16H2,1-2H3,(H,27,31)/b12-8+. The van der Waals surface area contributed by atoms with Gasteiger partial charge in [-0.2, -0.15) is 0 Å². The van der Waals surface area contributed by atoms with Crippen LogP contribution in [0.15, 0.2) is 48.5 Å². The van der Waals surface area contributed by atoms with Crippen molar-refractivity contribution in [1.29, 1.82) is 0 Å². The van der Waals surface area contributed by atoms with E-state index in [0.717, 1.165) is 31.5 Å². The number of aliphatic hydroxyl groups excluding tert-OH is 1. The van der Waals surface area contributed by atoms with Crippen molar-refractivity contribution in [2.45, 2.75) is 39.3 Å². The Morgan fingerprint density at radius 2 is 2.03 bits per heavy atom. The third-order valence-corrected chi connectivity index (χ3v) is 6.74. The average molecular weight is 434 g/mol. The molecular weight excluding hydrogens is 402 g/mol. The number of rotatable bonds is 8. The van der Waals surface area contributed by atoms with Crippen molar-refractivity contribution in [2.24, 2.45) is 0 Å². The van der Waals surface area contributed by atoms with Crippen molar-refractivity contribution in [2.75, 3.05) is 19.7 Å². The van der Waals surface area contributed by atoms with Gasteiger partial charge in [0.2, 0.25) is 0 Å². The Morgan fingerprint density at radius 3 is 2.81 bits per heavy atom. The second kappa shape index (κ2) is 9.69. The zero-order valence-corrected chi connectivity index (χ0v) is 18.7. The van der Waals surface area contributed by atoms with E-state index < -0.39 is 5.91 Å². The van der Waals surface area contributed by atoms with E-state index >= 15 is 0 Å². The fourth-order valence-corrected chi connectivity index (χ4v) is 4.98. The van der Waals surface area contributed by atoms with Gasteiger partial charge in [-0.1, -0.05) is 36.4 Å². The maximum atomic E-state index is 11.2. The van der Waals surface area contributed by atoms with Crippen LogP contribution in [-0.4, -0.2) is 45.4 Å². The number of aliphatic hydroxyl groups is 1. The molecule has 0 fully saturated rings. The first-order valence-corrected chi connectivity index (χ1v) is 11.2. The van der Waals surface area contributed by atoms with Crippen LogP contribution in [0.4, 0.5) is 0 Å². The summed E-state index contributed by atoms with van der Waals surface area (Å²) in [5, 5.41) is 19.7. The zero-order chi connectivity index (χ0) is 22.7. The molecule has 1 unspecified atom stereocenters. The summed E-state index contributed by atoms with van der Waals surface area (Å²) in [6, 6.07) is 15.1. The number of carbonyl (C=O) groups excluding carboxylic acids is 1. The highest BCUT2D eigenvalue weighted by Gasteiger charge is 2.28. The van der Waals surface area contributed by atoms with E-state index in [1.54, 1.807) is 11.6 Å². The molecule has 32 heavy (non-hydrogen) atoms. The van der Waals surface area contributed by atoms with Crippen LogP contribution in [0.25, 0.3) is 17.0 Å². The maximum Gasteiger partial charge on any atom is 0.267 e. The highest BCUT2D eigenvalue weighted by molar-refractivity contribution is 5.90. The van der Waals surface area contributed by atoms with Crippen molar-refractivity contribution in [3.05, 3.63) is 76.5 Å². The molecule has 6 nitrogen and oxygen atoms in total. The number of amides is 1.